The fraction of sp³-hybridized carbons (Fsp3) is 1.00. The zero-order chi connectivity index (χ0) is 12.6. The average Bonchev–Trinajstić information content (AvgIpc) is 2.25. The van der Waals surface area contributed by atoms with E-state index in [1.54, 1.807) is 0 Å². The van der Waals surface area contributed by atoms with Gasteiger partial charge in [-0.3, -0.25) is 0 Å². The van der Waals surface area contributed by atoms with Gasteiger partial charge in [-0.2, -0.15) is 0 Å². The first-order valence-electron chi connectivity index (χ1n) is 6.45. The third-order valence-corrected chi connectivity index (χ3v) is 3.05. The van der Waals surface area contributed by atoms with Gasteiger partial charge >= 0.3 is 0 Å². The third-order valence-electron chi connectivity index (χ3n) is 2.23. The van der Waals surface area contributed by atoms with Gasteiger partial charge in [0.15, 0.2) is 0 Å². The summed E-state index contributed by atoms with van der Waals surface area (Å²) >= 11 is 8.50. The lowest BCUT2D eigenvalue weighted by Crippen LogP contribution is -2.12. The van der Waals surface area contributed by atoms with Crippen molar-refractivity contribution in [3.8, 4) is 0 Å². The summed E-state index contributed by atoms with van der Waals surface area (Å²) in [6.45, 7) is 3.52. The van der Waals surface area contributed by atoms with Gasteiger partial charge in [-0.25, -0.2) is 0 Å². The molecule has 1 nitrogen and oxygen atoms in total. The molecule has 0 N–H and O–H groups in total. The van der Waals surface area contributed by atoms with Crippen LogP contribution in [0.15, 0.2) is 0 Å². The lowest BCUT2D eigenvalue weighted by Gasteiger charge is -2.08. The fourth-order valence-electron chi connectivity index (χ4n) is 1.26. The van der Waals surface area contributed by atoms with E-state index in [1.165, 1.54) is 45.1 Å². The maximum absolute atomic E-state index is 5.27. The van der Waals surface area contributed by atoms with Crippen LogP contribution in [0.4, 0.5) is 0 Å². The van der Waals surface area contributed by atoms with Crippen molar-refractivity contribution in [3.63, 3.8) is 0 Å². The summed E-state index contributed by atoms with van der Waals surface area (Å²) < 4.78 is 0. The molecule has 16 heavy (non-hydrogen) atoms. The van der Waals surface area contributed by atoms with Crippen LogP contribution >= 0.6 is 27.5 Å². The molecule has 0 aromatic carbocycles. The zero-order valence-electron chi connectivity index (χ0n) is 11.3. The number of hydrogen-bond acceptors (Lipinski definition) is 1. The molecular weight excluding hydrogens is 286 g/mol. The first kappa shape index (κ1) is 19.1. The summed E-state index contributed by atoms with van der Waals surface area (Å²) in [6, 6.07) is 0. The molecule has 0 unspecified atom stereocenters. The number of unbranched alkanes of at least 4 members (excludes halogenated alkanes) is 5. The highest BCUT2D eigenvalue weighted by atomic mass is 79.9. The van der Waals surface area contributed by atoms with Gasteiger partial charge in [0.05, 0.1) is 0 Å². The highest BCUT2D eigenvalue weighted by Gasteiger charge is 1.90. The Morgan fingerprint density at radius 3 is 1.88 bits per heavy atom. The largest absolute Gasteiger partial charge is 0.309 e. The van der Waals surface area contributed by atoms with E-state index in [0.29, 0.717) is 0 Å². The highest BCUT2D eigenvalue weighted by Crippen LogP contribution is 2.04. The molecule has 0 saturated heterocycles. The summed E-state index contributed by atoms with van der Waals surface area (Å²) in [7, 11) is 4.29. The molecule has 0 radical (unpaired) electrons. The normalized spacial score (nSPS) is 10.1. The number of hydrogen-bond donors (Lipinski definition) is 0. The molecule has 0 aliphatic carbocycles. The number of rotatable bonds is 9. The average molecular weight is 315 g/mol. The van der Waals surface area contributed by atoms with E-state index in [2.05, 4.69) is 41.8 Å². The molecule has 0 fully saturated rings. The Kier molecular flexibility index (Phi) is 21.6. The van der Waals surface area contributed by atoms with Crippen molar-refractivity contribution in [3.05, 3.63) is 0 Å². The van der Waals surface area contributed by atoms with Crippen molar-refractivity contribution < 1.29 is 0 Å². The van der Waals surface area contributed by atoms with Gasteiger partial charge in [-0.05, 0) is 33.5 Å². The molecule has 0 heterocycles. The van der Waals surface area contributed by atoms with Crippen molar-refractivity contribution in [2.75, 3.05) is 31.9 Å². The van der Waals surface area contributed by atoms with Crippen LogP contribution in [0.5, 0.6) is 0 Å². The predicted octanol–water partition coefficient (Wildman–Crippen LogP) is 4.92. The first-order chi connectivity index (χ1) is 7.68. The van der Waals surface area contributed by atoms with E-state index in [1.807, 2.05) is 0 Å². The number of nitrogens with zero attached hydrogens (tertiary/aromatic N) is 1. The lowest BCUT2D eigenvalue weighted by atomic mass is 10.1. The Balaban J connectivity index is 0. The van der Waals surface area contributed by atoms with Gasteiger partial charge in [0.1, 0.15) is 0 Å². The molecule has 0 aromatic heterocycles. The van der Waals surface area contributed by atoms with Crippen LogP contribution in [-0.4, -0.2) is 36.8 Å². The molecule has 0 aliphatic rings. The van der Waals surface area contributed by atoms with Crippen LogP contribution in [0, 0.1) is 0 Å². The quantitative estimate of drug-likeness (QED) is 0.431. The minimum atomic E-state index is 0.769. The highest BCUT2D eigenvalue weighted by molar-refractivity contribution is 9.09. The number of alkyl halides is 2. The van der Waals surface area contributed by atoms with E-state index < -0.39 is 0 Å². The van der Waals surface area contributed by atoms with Gasteiger partial charge in [-0.15, -0.1) is 11.6 Å². The molecular formula is C13H29BrClN. The Hall–Kier alpha value is 0.730. The second kappa shape index (κ2) is 18.1. The number of halogens is 2. The summed E-state index contributed by atoms with van der Waals surface area (Å²) in [5, 5.41) is 1.02. The van der Waals surface area contributed by atoms with E-state index in [9.17, 15) is 0 Å². The first-order valence-corrected chi connectivity index (χ1v) is 8.11. The monoisotopic (exact) mass is 313 g/mol. The van der Waals surface area contributed by atoms with Crippen molar-refractivity contribution >= 4 is 27.5 Å². The minimum Gasteiger partial charge on any atom is -0.309 e. The van der Waals surface area contributed by atoms with Crippen LogP contribution < -0.4 is 0 Å². The van der Waals surface area contributed by atoms with Crippen molar-refractivity contribution in [2.45, 2.75) is 51.9 Å². The molecule has 0 aliphatic heterocycles. The standard InChI is InChI=1S/C10H23N.C3H6BrCl/c1-4-5-6-7-8-9-10-11(2)3;4-2-1-3-5/h4-10H2,1-3H3;1-3H2. The molecule has 3 heteroatoms. The minimum absolute atomic E-state index is 0.769. The Bertz CT molecular complexity index is 108. The molecule has 0 rings (SSSR count). The molecule has 0 spiro atoms. The lowest BCUT2D eigenvalue weighted by molar-refractivity contribution is 0.389. The van der Waals surface area contributed by atoms with E-state index >= 15 is 0 Å². The second-order valence-electron chi connectivity index (χ2n) is 4.30. The van der Waals surface area contributed by atoms with Crippen LogP contribution in [0.25, 0.3) is 0 Å². The third kappa shape index (κ3) is 24.1. The van der Waals surface area contributed by atoms with Crippen LogP contribution in [0.3, 0.4) is 0 Å². The van der Waals surface area contributed by atoms with Crippen LogP contribution in [-0.2, 0) is 0 Å². The summed E-state index contributed by atoms with van der Waals surface area (Å²) in [5.41, 5.74) is 0. The van der Waals surface area contributed by atoms with Crippen molar-refractivity contribution in [1.29, 1.82) is 0 Å². The van der Waals surface area contributed by atoms with E-state index in [-0.39, 0.29) is 0 Å². The second-order valence-corrected chi connectivity index (χ2v) is 5.47. The summed E-state index contributed by atoms with van der Waals surface area (Å²) in [6.07, 6.45) is 9.50. The molecule has 0 atom stereocenters. The maximum atomic E-state index is 5.27. The Morgan fingerprint density at radius 1 is 0.938 bits per heavy atom. The molecule has 0 bridgehead atoms. The summed E-state index contributed by atoms with van der Waals surface area (Å²) in [5.74, 6) is 0.769. The predicted molar refractivity (Wildman–Crippen MR) is 81.1 cm³/mol. The van der Waals surface area contributed by atoms with Gasteiger partial charge < -0.3 is 4.90 Å². The fourth-order valence-corrected chi connectivity index (χ4v) is 2.00. The van der Waals surface area contributed by atoms with E-state index in [0.717, 1.165) is 17.6 Å². The van der Waals surface area contributed by atoms with Crippen molar-refractivity contribution in [2.24, 2.45) is 0 Å². The van der Waals surface area contributed by atoms with Crippen LogP contribution in [0.1, 0.15) is 51.9 Å². The van der Waals surface area contributed by atoms with Gasteiger partial charge in [0.25, 0.3) is 0 Å². The topological polar surface area (TPSA) is 3.24 Å². The molecule has 0 aromatic rings. The zero-order valence-corrected chi connectivity index (χ0v) is 13.6. The van der Waals surface area contributed by atoms with Crippen molar-refractivity contribution in [1.82, 2.24) is 4.90 Å². The van der Waals surface area contributed by atoms with Gasteiger partial charge in [0.2, 0.25) is 0 Å². The van der Waals surface area contributed by atoms with Crippen LogP contribution in [0.2, 0.25) is 0 Å². The molecule has 0 saturated carbocycles. The SMILES string of the molecule is CCCCCCCCN(C)C.ClCCCBr. The smallest absolute Gasteiger partial charge is 0.0231 e. The maximum Gasteiger partial charge on any atom is 0.0231 e. The molecule has 0 amide bonds. The van der Waals surface area contributed by atoms with Gasteiger partial charge in [0, 0.05) is 11.2 Å². The van der Waals surface area contributed by atoms with E-state index in [4.69, 9.17) is 11.6 Å². The molecule has 100 valence electrons. The van der Waals surface area contributed by atoms with Gasteiger partial charge in [-0.1, -0.05) is 55.0 Å². The summed E-state index contributed by atoms with van der Waals surface area (Å²) in [4.78, 5) is 2.26. The Labute approximate surface area is 116 Å². The Morgan fingerprint density at radius 2 is 1.50 bits per heavy atom.